The van der Waals surface area contributed by atoms with E-state index in [1.807, 2.05) is 13.8 Å². The number of anilines is 1. The van der Waals surface area contributed by atoms with Crippen LogP contribution in [0.25, 0.3) is 11.3 Å². The molecule has 0 atom stereocenters. The molecule has 162 valence electrons. The minimum atomic E-state index is -3.42. The molecule has 3 heterocycles. The molecule has 0 unspecified atom stereocenters. The summed E-state index contributed by atoms with van der Waals surface area (Å²) in [6, 6.07) is 1.75. The molecule has 31 heavy (non-hydrogen) atoms. The summed E-state index contributed by atoms with van der Waals surface area (Å²) in [4.78, 5) is 29.1. The van der Waals surface area contributed by atoms with Crippen LogP contribution in [0.1, 0.15) is 48.4 Å². The number of rotatable bonds is 7. The second-order valence-electron chi connectivity index (χ2n) is 7.72. The van der Waals surface area contributed by atoms with E-state index in [4.69, 9.17) is 17.3 Å². The number of carbonyl (C=O) groups excluding carboxylic acids is 1. The van der Waals surface area contributed by atoms with Crippen LogP contribution in [0.3, 0.4) is 0 Å². The number of hydrogen-bond donors (Lipinski definition) is 2. The Hall–Kier alpha value is -2.63. The smallest absolute Gasteiger partial charge is 0.267 e. The average molecular weight is 479 g/mol. The lowest BCUT2D eigenvalue weighted by atomic mass is 9.80. The van der Waals surface area contributed by atoms with Crippen molar-refractivity contribution >= 4 is 44.0 Å². The summed E-state index contributed by atoms with van der Waals surface area (Å²) in [5, 5.41) is 1.90. The molecule has 1 fully saturated rings. The molecule has 4 rings (SSSR count). The number of pyridine rings is 1. The normalized spacial score (nSPS) is 14.4. The topological polar surface area (TPSA) is 141 Å². The highest BCUT2D eigenvalue weighted by Crippen LogP contribution is 2.37. The molecule has 1 amide bonds. The Kier molecular flexibility index (Phi) is 5.44. The number of halogens is 1. The molecule has 1 aliphatic rings. The zero-order valence-corrected chi connectivity index (χ0v) is 19.1. The third kappa shape index (κ3) is 4.39. The predicted molar refractivity (Wildman–Crippen MR) is 119 cm³/mol. The zero-order valence-electron chi connectivity index (χ0n) is 16.7. The monoisotopic (exact) mass is 478 g/mol. The van der Waals surface area contributed by atoms with Gasteiger partial charge in [0.2, 0.25) is 10.0 Å². The molecule has 3 N–H and O–H groups in total. The van der Waals surface area contributed by atoms with Gasteiger partial charge in [-0.3, -0.25) is 19.5 Å². The van der Waals surface area contributed by atoms with Crippen LogP contribution in [0.15, 0.2) is 30.0 Å². The van der Waals surface area contributed by atoms with E-state index < -0.39 is 21.3 Å². The minimum Gasteiger partial charge on any atom is -0.364 e. The van der Waals surface area contributed by atoms with Crippen molar-refractivity contribution in [1.82, 2.24) is 19.9 Å². The number of sulfonamides is 1. The first-order valence-electron chi connectivity index (χ1n) is 9.34. The van der Waals surface area contributed by atoms with Crippen molar-refractivity contribution in [3.63, 3.8) is 0 Å². The van der Waals surface area contributed by atoms with E-state index in [1.165, 1.54) is 29.9 Å². The second kappa shape index (κ2) is 7.81. The molecule has 0 spiro atoms. The van der Waals surface area contributed by atoms with Crippen LogP contribution in [-0.2, 0) is 15.4 Å². The molecular formula is C19H19ClN6O3S2. The number of nitrogens with two attached hydrogens (primary N) is 1. The lowest BCUT2D eigenvalue weighted by Crippen LogP contribution is -2.27. The standard InChI is InChI=1S/C19H19ClN6O3S2/c1-19(2,14-9-30-18(25-14)26-31(28,29)11-3-4-11)12-5-10(6-23-16(12)17(21)27)13-7-22-8-15(20)24-13/h5-9,11H,3-4H2,1-2H3,(H2,21,27)(H,25,26). The maximum atomic E-state index is 12.2. The number of hydrogen-bond acceptors (Lipinski definition) is 8. The maximum Gasteiger partial charge on any atom is 0.267 e. The quantitative estimate of drug-likeness (QED) is 0.531. The van der Waals surface area contributed by atoms with Crippen LogP contribution < -0.4 is 10.5 Å². The molecule has 1 aliphatic carbocycles. The summed E-state index contributed by atoms with van der Waals surface area (Å²) in [5.74, 6) is -0.684. The number of thiazole rings is 1. The first kappa shape index (κ1) is 21.6. The summed E-state index contributed by atoms with van der Waals surface area (Å²) in [5.41, 5.74) is 7.06. The summed E-state index contributed by atoms with van der Waals surface area (Å²) in [6.07, 6.45) is 5.76. The van der Waals surface area contributed by atoms with Gasteiger partial charge in [0.25, 0.3) is 5.91 Å². The number of nitrogens with zero attached hydrogens (tertiary/aromatic N) is 4. The Morgan fingerprint density at radius 2 is 2.00 bits per heavy atom. The van der Waals surface area contributed by atoms with E-state index in [-0.39, 0.29) is 21.2 Å². The summed E-state index contributed by atoms with van der Waals surface area (Å²) >= 11 is 7.13. The fraction of sp³-hybridized carbons (Fsp3) is 0.316. The van der Waals surface area contributed by atoms with Crippen LogP contribution in [0, 0.1) is 0 Å². The number of primary amides is 1. The highest BCUT2D eigenvalue weighted by Gasteiger charge is 2.37. The zero-order chi connectivity index (χ0) is 22.4. The molecule has 0 radical (unpaired) electrons. The van der Waals surface area contributed by atoms with Gasteiger partial charge >= 0.3 is 0 Å². The molecule has 3 aromatic heterocycles. The molecule has 0 aromatic carbocycles. The van der Waals surface area contributed by atoms with Crippen molar-refractivity contribution in [1.29, 1.82) is 0 Å². The van der Waals surface area contributed by atoms with Gasteiger partial charge in [0.05, 0.1) is 29.0 Å². The van der Waals surface area contributed by atoms with Crippen molar-refractivity contribution in [2.24, 2.45) is 5.73 Å². The Balaban J connectivity index is 1.74. The second-order valence-corrected chi connectivity index (χ2v) is 10.9. The maximum absolute atomic E-state index is 12.2. The average Bonchev–Trinajstić information content (AvgIpc) is 3.48. The van der Waals surface area contributed by atoms with E-state index in [9.17, 15) is 13.2 Å². The van der Waals surface area contributed by atoms with Crippen molar-refractivity contribution in [2.45, 2.75) is 37.4 Å². The molecule has 3 aromatic rings. The van der Waals surface area contributed by atoms with Gasteiger partial charge in [0, 0.05) is 22.6 Å². The largest absolute Gasteiger partial charge is 0.364 e. The Morgan fingerprint density at radius 1 is 1.26 bits per heavy atom. The number of nitrogens with one attached hydrogen (secondary N) is 1. The van der Waals surface area contributed by atoms with Gasteiger partial charge in [-0.15, -0.1) is 11.3 Å². The van der Waals surface area contributed by atoms with E-state index in [0.29, 0.717) is 35.4 Å². The van der Waals surface area contributed by atoms with Gasteiger partial charge in [-0.05, 0) is 24.5 Å². The van der Waals surface area contributed by atoms with Crippen molar-refractivity contribution < 1.29 is 13.2 Å². The Labute approximate surface area is 188 Å². The van der Waals surface area contributed by atoms with Gasteiger partial charge in [-0.1, -0.05) is 25.4 Å². The van der Waals surface area contributed by atoms with E-state index in [1.54, 1.807) is 11.4 Å². The summed E-state index contributed by atoms with van der Waals surface area (Å²) in [6.45, 7) is 3.72. The van der Waals surface area contributed by atoms with Crippen molar-refractivity contribution in [2.75, 3.05) is 4.72 Å². The Morgan fingerprint density at radius 3 is 2.65 bits per heavy atom. The molecule has 9 nitrogen and oxygen atoms in total. The lowest BCUT2D eigenvalue weighted by molar-refractivity contribution is 0.0993. The van der Waals surface area contributed by atoms with Crippen LogP contribution in [-0.4, -0.2) is 39.5 Å². The van der Waals surface area contributed by atoms with E-state index in [0.717, 1.165) is 0 Å². The SMILES string of the molecule is CC(C)(c1csc(NS(=O)(=O)C2CC2)n1)c1cc(-c2cncc(Cl)n2)cnc1C(N)=O. The molecular weight excluding hydrogens is 460 g/mol. The van der Waals surface area contributed by atoms with Crippen molar-refractivity contribution in [3.8, 4) is 11.3 Å². The minimum absolute atomic E-state index is 0.0943. The predicted octanol–water partition coefficient (Wildman–Crippen LogP) is 2.98. The highest BCUT2D eigenvalue weighted by molar-refractivity contribution is 7.93. The van der Waals surface area contributed by atoms with Crippen LogP contribution in [0.5, 0.6) is 0 Å². The van der Waals surface area contributed by atoms with Gasteiger partial charge in [0.1, 0.15) is 10.8 Å². The summed E-state index contributed by atoms with van der Waals surface area (Å²) < 4.78 is 27.0. The molecule has 1 saturated carbocycles. The molecule has 0 aliphatic heterocycles. The number of aromatic nitrogens is 4. The van der Waals surface area contributed by atoms with Crippen LogP contribution >= 0.6 is 22.9 Å². The van der Waals surface area contributed by atoms with Crippen LogP contribution in [0.4, 0.5) is 5.13 Å². The van der Waals surface area contributed by atoms with Crippen LogP contribution in [0.2, 0.25) is 5.15 Å². The third-order valence-corrected chi connectivity index (χ3v) is 7.93. The first-order valence-corrected chi connectivity index (χ1v) is 12.1. The van der Waals surface area contributed by atoms with E-state index >= 15 is 0 Å². The van der Waals surface area contributed by atoms with E-state index in [2.05, 4.69) is 24.7 Å². The lowest BCUT2D eigenvalue weighted by Gasteiger charge is -2.25. The molecule has 0 saturated heterocycles. The first-order chi connectivity index (χ1) is 14.6. The van der Waals surface area contributed by atoms with Gasteiger partial charge < -0.3 is 5.73 Å². The fourth-order valence-corrected chi connectivity index (χ4v) is 5.71. The molecule has 0 bridgehead atoms. The van der Waals surface area contributed by atoms with Gasteiger partial charge in [-0.25, -0.2) is 18.4 Å². The third-order valence-electron chi connectivity index (χ3n) is 5.03. The molecule has 12 heteroatoms. The highest BCUT2D eigenvalue weighted by atomic mass is 35.5. The fourth-order valence-electron chi connectivity index (χ4n) is 3.09. The number of carbonyl (C=O) groups is 1. The van der Waals surface area contributed by atoms with Gasteiger partial charge in [0.15, 0.2) is 5.13 Å². The van der Waals surface area contributed by atoms with Crippen molar-refractivity contribution in [3.05, 3.63) is 52.1 Å². The number of amides is 1. The Bertz CT molecular complexity index is 1270. The summed E-state index contributed by atoms with van der Waals surface area (Å²) in [7, 11) is -3.42. The van der Waals surface area contributed by atoms with Gasteiger partial charge in [-0.2, -0.15) is 0 Å².